The predicted octanol–water partition coefficient (Wildman–Crippen LogP) is 3.75. The average Bonchev–Trinajstić information content (AvgIpc) is 3.45. The first-order chi connectivity index (χ1) is 13.1. The maximum Gasteiger partial charge on any atom is 0.258 e. The summed E-state index contributed by atoms with van der Waals surface area (Å²) >= 11 is 0. The van der Waals surface area contributed by atoms with Gasteiger partial charge in [-0.3, -0.25) is 4.79 Å². The highest BCUT2D eigenvalue weighted by molar-refractivity contribution is 6.11. The number of rotatable bonds is 3. The van der Waals surface area contributed by atoms with Gasteiger partial charge in [-0.1, -0.05) is 24.3 Å². The summed E-state index contributed by atoms with van der Waals surface area (Å²) in [6.45, 7) is 0.460. The number of halogens is 1. The number of aromatic nitrogens is 1. The number of methoxy groups -OCH3 is 1. The fourth-order valence-corrected chi connectivity index (χ4v) is 3.91. The molecule has 2 N–H and O–H groups in total. The Hall–Kier alpha value is -3.15. The molecule has 3 aromatic rings. The number of fused-ring (bicyclic) bond motifs is 2. The molecule has 0 unspecified atom stereocenters. The van der Waals surface area contributed by atoms with E-state index in [2.05, 4.69) is 0 Å². The smallest absolute Gasteiger partial charge is 0.258 e. The van der Waals surface area contributed by atoms with Gasteiger partial charge in [-0.25, -0.2) is 9.37 Å². The second-order valence-corrected chi connectivity index (χ2v) is 7.03. The summed E-state index contributed by atoms with van der Waals surface area (Å²) in [5, 5.41) is 0.655. The van der Waals surface area contributed by atoms with Crippen LogP contribution in [-0.4, -0.2) is 28.9 Å². The normalized spacial score (nSPS) is 16.1. The fourth-order valence-electron chi connectivity index (χ4n) is 3.91. The van der Waals surface area contributed by atoms with E-state index >= 15 is 0 Å². The van der Waals surface area contributed by atoms with E-state index in [4.69, 9.17) is 15.5 Å². The van der Waals surface area contributed by atoms with Crippen LogP contribution in [0.15, 0.2) is 36.4 Å². The molecule has 27 heavy (non-hydrogen) atoms. The molecule has 0 saturated heterocycles. The molecule has 2 aromatic carbocycles. The Kier molecular flexibility index (Phi) is 3.37. The number of benzene rings is 2. The first kappa shape index (κ1) is 16.1. The highest BCUT2D eigenvalue weighted by Crippen LogP contribution is 2.42. The first-order valence-corrected chi connectivity index (χ1v) is 8.95. The van der Waals surface area contributed by atoms with Crippen LogP contribution in [0.2, 0.25) is 0 Å². The zero-order valence-corrected chi connectivity index (χ0v) is 14.8. The number of nitrogens with two attached hydrogens (primary N) is 1. The molecule has 1 saturated carbocycles. The molecule has 1 fully saturated rings. The van der Waals surface area contributed by atoms with Gasteiger partial charge in [0.15, 0.2) is 0 Å². The Morgan fingerprint density at radius 2 is 1.96 bits per heavy atom. The van der Waals surface area contributed by atoms with Crippen LogP contribution in [0.3, 0.4) is 0 Å². The maximum atomic E-state index is 14.7. The van der Waals surface area contributed by atoms with Gasteiger partial charge >= 0.3 is 0 Å². The summed E-state index contributed by atoms with van der Waals surface area (Å²) in [4.78, 5) is 19.4. The Balaban J connectivity index is 1.77. The number of para-hydroxylation sites is 1. The average molecular weight is 363 g/mol. The monoisotopic (exact) mass is 363 g/mol. The Morgan fingerprint density at radius 3 is 2.70 bits per heavy atom. The summed E-state index contributed by atoms with van der Waals surface area (Å²) in [7, 11) is 1.51. The molecule has 1 aliphatic heterocycles. The number of hydrogen-bond donors (Lipinski definition) is 1. The third-order valence-corrected chi connectivity index (χ3v) is 5.38. The molecule has 5 rings (SSSR count). The van der Waals surface area contributed by atoms with E-state index in [1.807, 2.05) is 11.0 Å². The summed E-state index contributed by atoms with van der Waals surface area (Å²) in [6, 6.07) is 10.4. The lowest BCUT2D eigenvalue weighted by Gasteiger charge is -2.14. The van der Waals surface area contributed by atoms with Crippen molar-refractivity contribution in [2.24, 2.45) is 0 Å². The Labute approximate surface area is 155 Å². The molecule has 136 valence electrons. The first-order valence-electron chi connectivity index (χ1n) is 8.95. The molecule has 1 aliphatic carbocycles. The van der Waals surface area contributed by atoms with Crippen LogP contribution in [0.5, 0.6) is 5.75 Å². The standard InChI is InChI=1S/C21H18FN3O2/c1-27-16-7-3-6-14(22)17(16)12-4-2-5-13-19(23)18-15(24-20(12)13)10-25(21(18)26)11-8-9-11/h2-7,11H,8-10H2,1H3,(H2,23,24). The number of nitrogens with zero attached hydrogens (tertiary/aromatic N) is 2. The van der Waals surface area contributed by atoms with Gasteiger partial charge in [0.25, 0.3) is 5.91 Å². The molecule has 2 aliphatic rings. The van der Waals surface area contributed by atoms with Gasteiger partial charge in [-0.2, -0.15) is 0 Å². The topological polar surface area (TPSA) is 68.5 Å². The second kappa shape index (κ2) is 5.67. The second-order valence-electron chi connectivity index (χ2n) is 7.03. The Morgan fingerprint density at radius 1 is 1.19 bits per heavy atom. The van der Waals surface area contributed by atoms with Gasteiger partial charge in [0.05, 0.1) is 41.7 Å². The van der Waals surface area contributed by atoms with E-state index in [0.717, 1.165) is 12.8 Å². The lowest BCUT2D eigenvalue weighted by Crippen LogP contribution is -2.26. The molecule has 1 amide bonds. The highest BCUT2D eigenvalue weighted by Gasteiger charge is 2.40. The zero-order valence-electron chi connectivity index (χ0n) is 14.8. The molecule has 6 heteroatoms. The van der Waals surface area contributed by atoms with Gasteiger partial charge in [0.1, 0.15) is 11.6 Å². The third-order valence-electron chi connectivity index (χ3n) is 5.38. The molecule has 0 radical (unpaired) electrons. The van der Waals surface area contributed by atoms with Crippen LogP contribution in [-0.2, 0) is 6.54 Å². The van der Waals surface area contributed by atoms with Crippen LogP contribution >= 0.6 is 0 Å². The van der Waals surface area contributed by atoms with E-state index < -0.39 is 5.82 Å². The van der Waals surface area contributed by atoms with Crippen LogP contribution < -0.4 is 10.5 Å². The van der Waals surface area contributed by atoms with Crippen molar-refractivity contribution in [3.63, 3.8) is 0 Å². The maximum absolute atomic E-state index is 14.7. The van der Waals surface area contributed by atoms with Gasteiger partial charge < -0.3 is 15.4 Å². The summed E-state index contributed by atoms with van der Waals surface area (Å²) in [5.41, 5.74) is 9.50. The zero-order chi connectivity index (χ0) is 18.7. The molecule has 0 atom stereocenters. The molecular formula is C21H18FN3O2. The largest absolute Gasteiger partial charge is 0.496 e. The summed E-state index contributed by atoms with van der Waals surface area (Å²) in [6.07, 6.45) is 2.05. The molecule has 5 nitrogen and oxygen atoms in total. The van der Waals surface area contributed by atoms with Crippen molar-refractivity contribution in [2.75, 3.05) is 12.8 Å². The molecule has 2 heterocycles. The number of carbonyl (C=O) groups excluding carboxylic acids is 1. The van der Waals surface area contributed by atoms with E-state index in [0.29, 0.717) is 57.3 Å². The van der Waals surface area contributed by atoms with Crippen LogP contribution in [0, 0.1) is 5.82 Å². The molecule has 0 spiro atoms. The van der Waals surface area contributed by atoms with Crippen LogP contribution in [0.25, 0.3) is 22.0 Å². The van der Waals surface area contributed by atoms with Crippen molar-refractivity contribution in [2.45, 2.75) is 25.4 Å². The number of pyridine rings is 1. The number of ether oxygens (including phenoxy) is 1. The number of carbonyl (C=O) groups is 1. The van der Waals surface area contributed by atoms with Gasteiger partial charge in [-0.15, -0.1) is 0 Å². The van der Waals surface area contributed by atoms with Gasteiger partial charge in [0.2, 0.25) is 0 Å². The van der Waals surface area contributed by atoms with E-state index in [1.54, 1.807) is 24.3 Å². The van der Waals surface area contributed by atoms with Crippen LogP contribution in [0.1, 0.15) is 28.9 Å². The lowest BCUT2D eigenvalue weighted by atomic mass is 9.98. The van der Waals surface area contributed by atoms with Crippen molar-refractivity contribution in [3.8, 4) is 16.9 Å². The van der Waals surface area contributed by atoms with E-state index in [-0.39, 0.29) is 5.91 Å². The van der Waals surface area contributed by atoms with Crippen molar-refractivity contribution < 1.29 is 13.9 Å². The highest BCUT2D eigenvalue weighted by atomic mass is 19.1. The molecule has 0 bridgehead atoms. The van der Waals surface area contributed by atoms with Gasteiger partial charge in [-0.05, 0) is 25.0 Å². The molecular weight excluding hydrogens is 345 g/mol. The molecule has 1 aromatic heterocycles. The number of nitrogen functional groups attached to an aromatic ring is 1. The van der Waals surface area contributed by atoms with Crippen molar-refractivity contribution >= 4 is 22.5 Å². The van der Waals surface area contributed by atoms with Crippen molar-refractivity contribution in [3.05, 3.63) is 53.5 Å². The van der Waals surface area contributed by atoms with E-state index in [1.165, 1.54) is 13.2 Å². The number of anilines is 1. The SMILES string of the molecule is COc1cccc(F)c1-c1cccc2c(N)c3c(nc12)CN(C1CC1)C3=O. The lowest BCUT2D eigenvalue weighted by molar-refractivity contribution is 0.0767. The Bertz CT molecular complexity index is 1110. The summed E-state index contributed by atoms with van der Waals surface area (Å²) < 4.78 is 20.0. The van der Waals surface area contributed by atoms with E-state index in [9.17, 15) is 9.18 Å². The third kappa shape index (κ3) is 2.29. The van der Waals surface area contributed by atoms with Crippen LogP contribution in [0.4, 0.5) is 10.1 Å². The quantitative estimate of drug-likeness (QED) is 0.769. The number of hydrogen-bond acceptors (Lipinski definition) is 4. The predicted molar refractivity (Wildman–Crippen MR) is 101 cm³/mol. The minimum Gasteiger partial charge on any atom is -0.496 e. The fraction of sp³-hybridized carbons (Fsp3) is 0.238. The van der Waals surface area contributed by atoms with Crippen molar-refractivity contribution in [1.29, 1.82) is 0 Å². The summed E-state index contributed by atoms with van der Waals surface area (Å²) in [5.74, 6) is -0.00858. The number of amides is 1. The minimum atomic E-state index is -0.390. The minimum absolute atomic E-state index is 0.0479. The van der Waals surface area contributed by atoms with Gasteiger partial charge in [0, 0.05) is 17.0 Å². The van der Waals surface area contributed by atoms with Crippen molar-refractivity contribution in [1.82, 2.24) is 9.88 Å².